The minimum atomic E-state index is 0.146. The third-order valence-corrected chi connectivity index (χ3v) is 5.21. The van der Waals surface area contributed by atoms with Crippen LogP contribution in [0.1, 0.15) is 56.7 Å². The molecule has 1 atom stereocenters. The summed E-state index contributed by atoms with van der Waals surface area (Å²) < 4.78 is 0. The Morgan fingerprint density at radius 2 is 1.95 bits per heavy atom. The zero-order valence-electron chi connectivity index (χ0n) is 13.9. The van der Waals surface area contributed by atoms with E-state index in [4.69, 9.17) is 5.73 Å². The van der Waals surface area contributed by atoms with Crippen molar-refractivity contribution in [2.75, 3.05) is 6.54 Å². The fraction of sp³-hybridized carbons (Fsp3) is 0.706. The number of thiophene rings is 1. The summed E-state index contributed by atoms with van der Waals surface area (Å²) in [5, 5.41) is 3.03. The molecule has 0 bridgehead atoms. The average Bonchev–Trinajstić information content (AvgIpc) is 2.87. The van der Waals surface area contributed by atoms with E-state index in [-0.39, 0.29) is 11.3 Å². The van der Waals surface area contributed by atoms with Crippen LogP contribution in [0.15, 0.2) is 12.1 Å². The summed E-state index contributed by atoms with van der Waals surface area (Å²) in [6.45, 7) is 10.2. The highest BCUT2D eigenvalue weighted by atomic mass is 32.1. The SMILES string of the molecule is CCc1ccc(CNC(=O)CCC(CCN)C(C)(C)C)s1. The van der Waals surface area contributed by atoms with Crippen molar-refractivity contribution in [1.29, 1.82) is 0 Å². The average molecular weight is 311 g/mol. The standard InChI is InChI=1S/C17H30N2OS/c1-5-14-7-8-15(21-14)12-19-16(20)9-6-13(10-11-18)17(2,3)4/h7-8,13H,5-6,9-12,18H2,1-4H3,(H,19,20). The van der Waals surface area contributed by atoms with E-state index in [2.05, 4.69) is 45.1 Å². The van der Waals surface area contributed by atoms with Gasteiger partial charge in [-0.25, -0.2) is 0 Å². The predicted octanol–water partition coefficient (Wildman–Crippen LogP) is 3.72. The first-order chi connectivity index (χ1) is 9.86. The fourth-order valence-electron chi connectivity index (χ4n) is 2.50. The molecule has 0 aliphatic rings. The smallest absolute Gasteiger partial charge is 0.220 e. The van der Waals surface area contributed by atoms with Gasteiger partial charge in [0.05, 0.1) is 6.54 Å². The number of amides is 1. The zero-order chi connectivity index (χ0) is 15.9. The Hall–Kier alpha value is -0.870. The maximum absolute atomic E-state index is 12.0. The molecule has 1 amide bonds. The lowest BCUT2D eigenvalue weighted by atomic mass is 9.76. The van der Waals surface area contributed by atoms with Crippen molar-refractivity contribution < 1.29 is 4.79 Å². The summed E-state index contributed by atoms with van der Waals surface area (Å²) in [5.74, 6) is 0.648. The van der Waals surface area contributed by atoms with Crippen LogP contribution in [0.3, 0.4) is 0 Å². The second kappa shape index (κ2) is 8.54. The molecular formula is C17H30N2OS. The maximum Gasteiger partial charge on any atom is 0.220 e. The number of nitrogens with two attached hydrogens (primary N) is 1. The van der Waals surface area contributed by atoms with Crippen LogP contribution in [0.4, 0.5) is 0 Å². The molecule has 4 heteroatoms. The minimum Gasteiger partial charge on any atom is -0.351 e. The van der Waals surface area contributed by atoms with E-state index < -0.39 is 0 Å². The number of nitrogens with one attached hydrogen (secondary N) is 1. The Bertz CT molecular complexity index is 434. The zero-order valence-corrected chi connectivity index (χ0v) is 14.7. The van der Waals surface area contributed by atoms with E-state index in [1.54, 1.807) is 11.3 Å². The number of carbonyl (C=O) groups is 1. The minimum absolute atomic E-state index is 0.146. The van der Waals surface area contributed by atoms with Gasteiger partial charge >= 0.3 is 0 Å². The lowest BCUT2D eigenvalue weighted by molar-refractivity contribution is -0.121. The molecule has 0 aromatic carbocycles. The van der Waals surface area contributed by atoms with Crippen molar-refractivity contribution in [3.8, 4) is 0 Å². The van der Waals surface area contributed by atoms with Crippen LogP contribution in [0, 0.1) is 11.3 Å². The molecule has 21 heavy (non-hydrogen) atoms. The maximum atomic E-state index is 12.0. The molecule has 1 aromatic heterocycles. The van der Waals surface area contributed by atoms with E-state index in [9.17, 15) is 4.79 Å². The third kappa shape index (κ3) is 6.62. The molecular weight excluding hydrogens is 280 g/mol. The molecule has 0 saturated carbocycles. The first kappa shape index (κ1) is 18.2. The molecule has 1 unspecified atom stereocenters. The molecule has 0 radical (unpaired) electrons. The topological polar surface area (TPSA) is 55.1 Å². The van der Waals surface area contributed by atoms with Crippen molar-refractivity contribution >= 4 is 17.2 Å². The highest BCUT2D eigenvalue weighted by Crippen LogP contribution is 2.32. The Morgan fingerprint density at radius 3 is 2.48 bits per heavy atom. The van der Waals surface area contributed by atoms with Gasteiger partial charge in [0.25, 0.3) is 0 Å². The lowest BCUT2D eigenvalue weighted by Gasteiger charge is -2.30. The van der Waals surface area contributed by atoms with Gasteiger partial charge in [0.1, 0.15) is 0 Å². The van der Waals surface area contributed by atoms with Crippen molar-refractivity contribution in [3.63, 3.8) is 0 Å². The molecule has 0 aliphatic carbocycles. The normalized spacial score (nSPS) is 13.2. The Labute approximate surface area is 133 Å². The number of hydrogen-bond donors (Lipinski definition) is 2. The van der Waals surface area contributed by atoms with Gasteiger partial charge in [-0.15, -0.1) is 11.3 Å². The number of carbonyl (C=O) groups excluding carboxylic acids is 1. The summed E-state index contributed by atoms with van der Waals surface area (Å²) >= 11 is 1.78. The Balaban J connectivity index is 2.35. The summed E-state index contributed by atoms with van der Waals surface area (Å²) in [4.78, 5) is 14.6. The predicted molar refractivity (Wildman–Crippen MR) is 91.4 cm³/mol. The molecule has 0 fully saturated rings. The third-order valence-electron chi connectivity index (χ3n) is 3.99. The van der Waals surface area contributed by atoms with Crippen molar-refractivity contribution in [1.82, 2.24) is 5.32 Å². The Kier molecular flexibility index (Phi) is 7.40. The van der Waals surface area contributed by atoms with Crippen LogP contribution in [0.5, 0.6) is 0 Å². The van der Waals surface area contributed by atoms with Gasteiger partial charge in [0, 0.05) is 16.2 Å². The van der Waals surface area contributed by atoms with Crippen molar-refractivity contribution in [2.24, 2.45) is 17.1 Å². The second-order valence-electron chi connectivity index (χ2n) is 6.68. The molecule has 0 saturated heterocycles. The quantitative estimate of drug-likeness (QED) is 0.769. The van der Waals surface area contributed by atoms with Crippen molar-refractivity contribution in [3.05, 3.63) is 21.9 Å². The summed E-state index contributed by atoms with van der Waals surface area (Å²) in [5.41, 5.74) is 5.90. The van der Waals surface area contributed by atoms with Crippen molar-refractivity contribution in [2.45, 2.75) is 59.9 Å². The van der Waals surface area contributed by atoms with Gasteiger partial charge in [0.15, 0.2) is 0 Å². The molecule has 0 spiro atoms. The fourth-order valence-corrected chi connectivity index (χ4v) is 3.40. The van der Waals surface area contributed by atoms with Crippen LogP contribution in [-0.2, 0) is 17.8 Å². The number of hydrogen-bond acceptors (Lipinski definition) is 3. The first-order valence-corrected chi connectivity index (χ1v) is 8.72. The summed E-state index contributed by atoms with van der Waals surface area (Å²) in [6.07, 6.45) is 3.55. The van der Waals surface area contributed by atoms with Gasteiger partial charge in [-0.2, -0.15) is 0 Å². The van der Waals surface area contributed by atoms with Gasteiger partial charge in [0.2, 0.25) is 5.91 Å². The van der Waals surface area contributed by atoms with Crippen LogP contribution in [0.25, 0.3) is 0 Å². The molecule has 3 N–H and O–H groups in total. The van der Waals surface area contributed by atoms with Gasteiger partial charge in [-0.1, -0.05) is 27.7 Å². The molecule has 0 aliphatic heterocycles. The summed E-state index contributed by atoms with van der Waals surface area (Å²) in [7, 11) is 0. The van der Waals surface area contributed by atoms with E-state index in [0.717, 1.165) is 19.3 Å². The van der Waals surface area contributed by atoms with E-state index >= 15 is 0 Å². The van der Waals surface area contributed by atoms with Gasteiger partial charge in [-0.3, -0.25) is 4.79 Å². The van der Waals surface area contributed by atoms with E-state index in [1.807, 2.05) is 0 Å². The van der Waals surface area contributed by atoms with Crippen LogP contribution < -0.4 is 11.1 Å². The number of rotatable bonds is 8. The second-order valence-corrected chi connectivity index (χ2v) is 7.93. The highest BCUT2D eigenvalue weighted by molar-refractivity contribution is 7.11. The number of aryl methyl sites for hydroxylation is 1. The van der Waals surface area contributed by atoms with E-state index in [0.29, 0.717) is 25.4 Å². The van der Waals surface area contributed by atoms with Crippen LogP contribution in [-0.4, -0.2) is 12.5 Å². The van der Waals surface area contributed by atoms with E-state index in [1.165, 1.54) is 9.75 Å². The molecule has 3 nitrogen and oxygen atoms in total. The van der Waals surface area contributed by atoms with Gasteiger partial charge in [-0.05, 0) is 49.3 Å². The highest BCUT2D eigenvalue weighted by Gasteiger charge is 2.24. The molecule has 1 rings (SSSR count). The molecule has 1 heterocycles. The summed E-state index contributed by atoms with van der Waals surface area (Å²) in [6, 6.07) is 4.25. The Morgan fingerprint density at radius 1 is 1.29 bits per heavy atom. The lowest BCUT2D eigenvalue weighted by Crippen LogP contribution is -2.27. The van der Waals surface area contributed by atoms with Crippen LogP contribution >= 0.6 is 11.3 Å². The monoisotopic (exact) mass is 310 g/mol. The van der Waals surface area contributed by atoms with Gasteiger partial charge < -0.3 is 11.1 Å². The first-order valence-electron chi connectivity index (χ1n) is 7.91. The molecule has 1 aromatic rings. The van der Waals surface area contributed by atoms with Crippen LogP contribution in [0.2, 0.25) is 0 Å². The largest absolute Gasteiger partial charge is 0.351 e. The molecule has 120 valence electrons.